The Hall–Kier alpha value is -5.67. The number of carbonyl (C=O) groups is 4. The van der Waals surface area contributed by atoms with Gasteiger partial charge in [0, 0.05) is 45.4 Å². The van der Waals surface area contributed by atoms with E-state index in [1.807, 2.05) is 71.9 Å². The van der Waals surface area contributed by atoms with Crippen LogP contribution in [-0.2, 0) is 25.2 Å². The highest BCUT2D eigenvalue weighted by molar-refractivity contribution is 7.91. The lowest BCUT2D eigenvalue weighted by Crippen LogP contribution is -2.64. The fourth-order valence-corrected chi connectivity index (χ4v) is 9.86. The van der Waals surface area contributed by atoms with Crippen LogP contribution in [0.5, 0.6) is 11.6 Å². The van der Waals surface area contributed by atoms with Gasteiger partial charge in [-0.2, -0.15) is 0 Å². The summed E-state index contributed by atoms with van der Waals surface area (Å²) in [6.07, 6.45) is 3.54. The van der Waals surface area contributed by atoms with Gasteiger partial charge in [0.1, 0.15) is 23.4 Å². The summed E-state index contributed by atoms with van der Waals surface area (Å²) in [4.78, 5) is 65.8. The number of aromatic nitrogens is 1. The number of ether oxygens (including phenoxy) is 2. The molecular weight excluding hydrogens is 844 g/mol. The zero-order valence-corrected chi connectivity index (χ0v) is 38.2. The molecule has 0 bridgehead atoms. The maximum atomic E-state index is 15.4. The molecule has 5 atom stereocenters. The summed E-state index contributed by atoms with van der Waals surface area (Å²) in [6.45, 7) is 15.0. The first-order valence-electron chi connectivity index (χ1n) is 21.1. The molecule has 4 aromatic rings. The van der Waals surface area contributed by atoms with E-state index < -0.39 is 73.7 Å². The first-order chi connectivity index (χ1) is 29.7. The Bertz CT molecular complexity index is 2560. The fourth-order valence-electron chi connectivity index (χ4n) is 8.33. The van der Waals surface area contributed by atoms with Gasteiger partial charge >= 0.3 is 6.03 Å². The number of nitrogens with one attached hydrogen (secondary N) is 3. The predicted molar refractivity (Wildman–Crippen MR) is 242 cm³/mol. The Morgan fingerprint density at radius 2 is 1.71 bits per heavy atom. The summed E-state index contributed by atoms with van der Waals surface area (Å²) in [7, 11) is -2.54. The molecule has 0 radical (unpaired) electrons. The van der Waals surface area contributed by atoms with E-state index in [1.54, 1.807) is 48.7 Å². The van der Waals surface area contributed by atoms with E-state index in [2.05, 4.69) is 26.9 Å². The van der Waals surface area contributed by atoms with Gasteiger partial charge in [0.15, 0.2) is 0 Å². The number of anilines is 1. The SMILES string of the molecule is C=C[C@@H]1C[C@@]1(C(=O)NS(=O)(=O)C1CC1)N(C(=O)[C@H](Nc1cccc(C(=O)NC(C)(C)c2ccccc2)c1)C(C)(C)C)C(=O)N1C[C@H](Oc2ncc(OC)c3ccc(Cl)cc23)CC1C. The summed E-state index contributed by atoms with van der Waals surface area (Å²) in [6, 6.07) is 19.1. The summed E-state index contributed by atoms with van der Waals surface area (Å²) >= 11 is 6.37. The number of methoxy groups -OCH3 is 1. The van der Waals surface area contributed by atoms with Crippen LogP contribution in [-0.4, -0.2) is 89.6 Å². The number of hydrogen-bond donors (Lipinski definition) is 3. The Morgan fingerprint density at radius 1 is 1.00 bits per heavy atom. The molecule has 16 heteroatoms. The van der Waals surface area contributed by atoms with Gasteiger partial charge < -0.3 is 25.0 Å². The van der Waals surface area contributed by atoms with E-state index in [4.69, 9.17) is 21.1 Å². The van der Waals surface area contributed by atoms with Gasteiger partial charge in [-0.25, -0.2) is 23.1 Å². The second-order valence-electron chi connectivity index (χ2n) is 18.4. The number of hydrogen-bond acceptors (Lipinski definition) is 10. The summed E-state index contributed by atoms with van der Waals surface area (Å²) in [5.74, 6) is -2.02. The molecule has 5 amide bonds. The number of fused-ring (bicyclic) bond motifs is 1. The van der Waals surface area contributed by atoms with E-state index in [0.29, 0.717) is 46.7 Å². The lowest BCUT2D eigenvalue weighted by Gasteiger charge is -2.40. The van der Waals surface area contributed by atoms with Gasteiger partial charge in [-0.15, -0.1) is 6.58 Å². The van der Waals surface area contributed by atoms with Gasteiger partial charge in [0.05, 0.1) is 30.6 Å². The molecular formula is C47H55ClN6O8S. The molecule has 1 aliphatic heterocycles. The third kappa shape index (κ3) is 9.21. The van der Waals surface area contributed by atoms with Crippen LogP contribution in [0.4, 0.5) is 10.5 Å². The van der Waals surface area contributed by atoms with Crippen molar-refractivity contribution < 1.29 is 37.1 Å². The van der Waals surface area contributed by atoms with Gasteiger partial charge in [0.2, 0.25) is 15.9 Å². The van der Waals surface area contributed by atoms with Gasteiger partial charge in [-0.1, -0.05) is 74.8 Å². The highest BCUT2D eigenvalue weighted by Gasteiger charge is 2.68. The number of carbonyl (C=O) groups excluding carboxylic acids is 4. The maximum Gasteiger partial charge on any atom is 0.328 e. The number of sulfonamides is 1. The molecule has 3 aromatic carbocycles. The first-order valence-corrected chi connectivity index (χ1v) is 23.0. The number of imide groups is 1. The highest BCUT2D eigenvalue weighted by Crippen LogP contribution is 2.52. The van der Waals surface area contributed by atoms with Crippen molar-refractivity contribution >= 4 is 61.8 Å². The average Bonchev–Trinajstić information content (AvgIpc) is 4.17. The van der Waals surface area contributed by atoms with E-state index >= 15 is 9.59 Å². The van der Waals surface area contributed by atoms with Crippen molar-refractivity contribution in [1.82, 2.24) is 24.8 Å². The summed E-state index contributed by atoms with van der Waals surface area (Å²) < 4.78 is 40.7. The highest BCUT2D eigenvalue weighted by atomic mass is 35.5. The predicted octanol–water partition coefficient (Wildman–Crippen LogP) is 7.43. The van der Waals surface area contributed by atoms with Crippen LogP contribution >= 0.6 is 11.6 Å². The van der Waals surface area contributed by atoms with Crippen LogP contribution in [0.3, 0.4) is 0 Å². The molecule has 7 rings (SSSR count). The third-order valence-electron chi connectivity index (χ3n) is 12.2. The largest absolute Gasteiger partial charge is 0.494 e. The van der Waals surface area contributed by atoms with Gasteiger partial charge in [-0.05, 0) is 87.4 Å². The molecule has 2 saturated carbocycles. The second-order valence-corrected chi connectivity index (χ2v) is 20.8. The topological polar surface area (TPSA) is 176 Å². The lowest BCUT2D eigenvalue weighted by molar-refractivity contribution is -0.141. The zero-order chi connectivity index (χ0) is 45.6. The van der Waals surface area contributed by atoms with Crippen molar-refractivity contribution in [3.63, 3.8) is 0 Å². The third-order valence-corrected chi connectivity index (χ3v) is 14.3. The molecule has 3 aliphatic rings. The zero-order valence-electron chi connectivity index (χ0n) is 36.6. The van der Waals surface area contributed by atoms with Crippen molar-refractivity contribution in [1.29, 1.82) is 0 Å². The Kier molecular flexibility index (Phi) is 12.3. The molecule has 1 unspecified atom stereocenters. The molecule has 3 N–H and O–H groups in total. The molecule has 1 saturated heterocycles. The Balaban J connectivity index is 1.21. The molecule has 3 fully saturated rings. The van der Waals surface area contributed by atoms with E-state index in [-0.39, 0.29) is 24.8 Å². The molecule has 2 heterocycles. The minimum atomic E-state index is -4.08. The van der Waals surface area contributed by atoms with Crippen molar-refractivity contribution in [2.75, 3.05) is 19.0 Å². The number of amides is 5. The number of likely N-dealkylation sites (tertiary alicyclic amines) is 1. The monoisotopic (exact) mass is 898 g/mol. The lowest BCUT2D eigenvalue weighted by atomic mass is 9.85. The van der Waals surface area contributed by atoms with E-state index in [1.165, 1.54) is 18.1 Å². The maximum absolute atomic E-state index is 15.4. The summed E-state index contributed by atoms with van der Waals surface area (Å²) in [5, 5.41) is 7.44. The van der Waals surface area contributed by atoms with Crippen molar-refractivity contribution in [2.45, 2.75) is 102 Å². The molecule has 2 aliphatic carbocycles. The number of benzene rings is 3. The van der Waals surface area contributed by atoms with Crippen LogP contribution in [0, 0.1) is 11.3 Å². The fraction of sp³-hybridized carbons (Fsp3) is 0.426. The van der Waals surface area contributed by atoms with Crippen LogP contribution in [0.2, 0.25) is 5.02 Å². The average molecular weight is 900 g/mol. The minimum absolute atomic E-state index is 0.0144. The molecule has 63 heavy (non-hydrogen) atoms. The van der Waals surface area contributed by atoms with E-state index in [9.17, 15) is 18.0 Å². The van der Waals surface area contributed by atoms with Crippen molar-refractivity contribution in [3.05, 3.63) is 108 Å². The smallest absolute Gasteiger partial charge is 0.328 e. The summed E-state index contributed by atoms with van der Waals surface area (Å²) in [5.41, 5.74) is -1.86. The Morgan fingerprint density at radius 3 is 2.35 bits per heavy atom. The molecule has 334 valence electrons. The molecule has 0 spiro atoms. The van der Waals surface area contributed by atoms with Crippen LogP contribution in [0.1, 0.15) is 83.1 Å². The number of rotatable bonds is 14. The quantitative estimate of drug-likeness (QED) is 0.108. The second kappa shape index (κ2) is 17.1. The number of urea groups is 1. The van der Waals surface area contributed by atoms with Crippen molar-refractivity contribution in [3.8, 4) is 11.6 Å². The van der Waals surface area contributed by atoms with Crippen LogP contribution in [0.25, 0.3) is 10.8 Å². The standard InChI is InChI=1S/C47H55ClN6O8S/c1-9-30-25-47(30,43(57)52-63(59,60)35-19-20-35)54(44(58)53-27-34(22-28(53)2)62-41-37-24-32(48)18-21-36(37)38(61-8)26-49-41)42(56)39(45(3,4)5)50-33-17-13-14-29(23-33)40(55)51-46(6,7)31-15-11-10-12-16-31/h9-18,21,23-24,26,28,30,34-35,39,50H,1,19-20,22,25,27H2,2-8H3,(H,51,55)(H,52,57)/t28?,30-,34-,39+,47-/m1/s1. The van der Waals surface area contributed by atoms with Gasteiger partial charge in [0.25, 0.3) is 17.7 Å². The number of halogens is 1. The van der Waals surface area contributed by atoms with Gasteiger partial charge in [-0.3, -0.25) is 19.1 Å². The normalized spacial score (nSPS) is 21.5. The minimum Gasteiger partial charge on any atom is -0.494 e. The Labute approximate surface area is 373 Å². The van der Waals surface area contributed by atoms with Crippen molar-refractivity contribution in [2.24, 2.45) is 11.3 Å². The molecule has 1 aromatic heterocycles. The van der Waals surface area contributed by atoms with E-state index in [0.717, 1.165) is 15.8 Å². The number of pyridine rings is 1. The number of nitrogens with zero attached hydrogens (tertiary/aromatic N) is 3. The molecule has 14 nitrogen and oxygen atoms in total. The van der Waals surface area contributed by atoms with Crippen LogP contribution in [0.15, 0.2) is 91.6 Å². The van der Waals surface area contributed by atoms with Crippen LogP contribution < -0.4 is 24.8 Å². The first kappa shape index (κ1) is 45.4.